The van der Waals surface area contributed by atoms with Crippen molar-refractivity contribution in [3.63, 3.8) is 0 Å². The summed E-state index contributed by atoms with van der Waals surface area (Å²) in [7, 11) is 0. The van der Waals surface area contributed by atoms with E-state index in [0.717, 1.165) is 27.9 Å². The minimum absolute atomic E-state index is 0.867. The minimum atomic E-state index is 0.867. The first-order valence-electron chi connectivity index (χ1n) is 7.12. The molecule has 0 atom stereocenters. The quantitative estimate of drug-likeness (QED) is 0.455. The van der Waals surface area contributed by atoms with Crippen molar-refractivity contribution in [2.45, 2.75) is 0 Å². The van der Waals surface area contributed by atoms with Crippen molar-refractivity contribution in [3.8, 4) is 22.3 Å². The van der Waals surface area contributed by atoms with Gasteiger partial charge in [0.05, 0.1) is 5.56 Å². The summed E-state index contributed by atoms with van der Waals surface area (Å²) in [6, 6.07) is 22.7. The third-order valence-corrected chi connectivity index (χ3v) is 3.76. The number of hydrogen-bond acceptors (Lipinski definition) is 2. The maximum Gasteiger partial charge on any atom is 0.294 e. The number of benzene rings is 2. The number of rotatable bonds is 2. The van der Waals surface area contributed by atoms with E-state index in [0.29, 0.717) is 0 Å². The van der Waals surface area contributed by atoms with Crippen LogP contribution in [0.3, 0.4) is 0 Å². The Balaban J connectivity index is 2.03. The van der Waals surface area contributed by atoms with Crippen molar-refractivity contribution in [3.05, 3.63) is 79.3 Å². The maximum atomic E-state index is 6.04. The summed E-state index contributed by atoms with van der Waals surface area (Å²) >= 11 is 0. The Bertz CT molecular complexity index is 927. The van der Waals surface area contributed by atoms with Crippen LogP contribution in [0, 0.1) is 0 Å². The second-order valence-corrected chi connectivity index (χ2v) is 5.18. The highest BCUT2D eigenvalue weighted by atomic mass is 15.4. The molecule has 0 unspecified atom stereocenters. The predicted molar refractivity (Wildman–Crippen MR) is 86.4 cm³/mol. The summed E-state index contributed by atoms with van der Waals surface area (Å²) < 4.78 is 3.38. The Hall–Kier alpha value is -3.14. The van der Waals surface area contributed by atoms with E-state index in [2.05, 4.69) is 35.4 Å². The lowest BCUT2D eigenvalue weighted by Crippen LogP contribution is -2.43. The molecule has 0 amide bonds. The predicted octanol–water partition coefficient (Wildman–Crippen LogP) is 2.67. The molecule has 0 saturated heterocycles. The summed E-state index contributed by atoms with van der Waals surface area (Å²) in [4.78, 5) is 0. The summed E-state index contributed by atoms with van der Waals surface area (Å²) in [5.41, 5.74) is 5.30. The summed E-state index contributed by atoms with van der Waals surface area (Å²) in [6.45, 7) is 0. The van der Waals surface area contributed by atoms with E-state index in [9.17, 15) is 0 Å². The Kier molecular flexibility index (Phi) is 2.86. The number of aromatic nitrogens is 3. The number of pyridine rings is 1. The Morgan fingerprint density at radius 3 is 2.14 bits per heavy atom. The highest BCUT2D eigenvalue weighted by molar-refractivity contribution is 5.80. The lowest BCUT2D eigenvalue weighted by atomic mass is 10.0. The third-order valence-electron chi connectivity index (χ3n) is 3.76. The fraction of sp³-hybridized carbons (Fsp3) is 0. The number of hydrogen-bond donors (Lipinski definition) is 1. The molecule has 4 nitrogen and oxygen atoms in total. The molecule has 0 saturated carbocycles. The Morgan fingerprint density at radius 2 is 1.45 bits per heavy atom. The molecule has 4 aromatic rings. The molecule has 0 bridgehead atoms. The smallest absolute Gasteiger partial charge is 0.289 e. The van der Waals surface area contributed by atoms with Gasteiger partial charge in [0.2, 0.25) is 0 Å². The number of nitrogen functional groups attached to an aromatic ring is 1. The largest absolute Gasteiger partial charge is 0.294 e. The van der Waals surface area contributed by atoms with Crippen LogP contribution in [0.4, 0.5) is 0 Å². The number of nitrogens with zero attached hydrogens (tertiary/aromatic N) is 3. The zero-order valence-corrected chi connectivity index (χ0v) is 11.9. The van der Waals surface area contributed by atoms with Gasteiger partial charge in [-0.3, -0.25) is 5.84 Å². The first-order chi connectivity index (χ1) is 10.8. The van der Waals surface area contributed by atoms with Crippen LogP contribution in [0.5, 0.6) is 0 Å². The Morgan fingerprint density at radius 1 is 0.818 bits per heavy atom. The van der Waals surface area contributed by atoms with Gasteiger partial charge in [-0.05, 0) is 17.2 Å². The van der Waals surface area contributed by atoms with Crippen LogP contribution < -0.4 is 10.5 Å². The molecule has 0 aliphatic heterocycles. The molecular formula is C18H15N4+. The zero-order valence-electron chi connectivity index (χ0n) is 11.9. The first-order valence-corrected chi connectivity index (χ1v) is 7.12. The van der Waals surface area contributed by atoms with Gasteiger partial charge in [0.1, 0.15) is 6.20 Å². The normalized spacial score (nSPS) is 10.9. The fourth-order valence-corrected chi connectivity index (χ4v) is 2.70. The molecule has 106 valence electrons. The van der Waals surface area contributed by atoms with E-state index in [1.54, 1.807) is 11.0 Å². The van der Waals surface area contributed by atoms with Crippen molar-refractivity contribution >= 4 is 5.65 Å². The van der Waals surface area contributed by atoms with Gasteiger partial charge < -0.3 is 0 Å². The van der Waals surface area contributed by atoms with E-state index in [1.807, 2.05) is 47.1 Å². The monoisotopic (exact) mass is 287 g/mol. The first kappa shape index (κ1) is 12.6. The molecule has 0 fully saturated rings. The third kappa shape index (κ3) is 2.02. The average molecular weight is 287 g/mol. The van der Waals surface area contributed by atoms with E-state index in [4.69, 9.17) is 5.84 Å². The molecule has 0 radical (unpaired) electrons. The molecular weight excluding hydrogens is 272 g/mol. The van der Waals surface area contributed by atoms with Gasteiger partial charge in [-0.2, -0.15) is 0 Å². The SMILES string of the molecule is N[n+]1cnn2cc(-c3ccccc3)cc(-c3ccccc3)c21. The molecule has 4 rings (SSSR count). The molecule has 2 N–H and O–H groups in total. The van der Waals surface area contributed by atoms with E-state index < -0.39 is 0 Å². The molecule has 2 heterocycles. The summed E-state index contributed by atoms with van der Waals surface area (Å²) in [5.74, 6) is 6.04. The zero-order chi connectivity index (χ0) is 14.9. The van der Waals surface area contributed by atoms with E-state index in [-0.39, 0.29) is 0 Å². The van der Waals surface area contributed by atoms with Crippen LogP contribution in [0.2, 0.25) is 0 Å². The van der Waals surface area contributed by atoms with Gasteiger partial charge in [0, 0.05) is 10.7 Å². The highest BCUT2D eigenvalue weighted by Gasteiger charge is 2.17. The molecule has 0 spiro atoms. The lowest BCUT2D eigenvalue weighted by Gasteiger charge is -2.05. The fourth-order valence-electron chi connectivity index (χ4n) is 2.70. The van der Waals surface area contributed by atoms with Gasteiger partial charge in [0.25, 0.3) is 12.0 Å². The van der Waals surface area contributed by atoms with Crippen molar-refractivity contribution in [2.75, 3.05) is 5.84 Å². The molecule has 4 heteroatoms. The molecule has 0 aliphatic rings. The molecule has 0 aliphatic carbocycles. The van der Waals surface area contributed by atoms with Crippen molar-refractivity contribution < 1.29 is 4.68 Å². The van der Waals surface area contributed by atoms with Crippen LogP contribution in [0.1, 0.15) is 0 Å². The van der Waals surface area contributed by atoms with E-state index >= 15 is 0 Å². The summed E-state index contributed by atoms with van der Waals surface area (Å²) in [6.07, 6.45) is 3.62. The molecule has 2 aromatic carbocycles. The van der Waals surface area contributed by atoms with Gasteiger partial charge in [-0.1, -0.05) is 65.2 Å². The Labute approximate surface area is 128 Å². The topological polar surface area (TPSA) is 47.2 Å². The molecule has 2 aromatic heterocycles. The lowest BCUT2D eigenvalue weighted by molar-refractivity contribution is -0.612. The number of fused-ring (bicyclic) bond motifs is 1. The second kappa shape index (κ2) is 5.00. The second-order valence-electron chi connectivity index (χ2n) is 5.18. The van der Waals surface area contributed by atoms with Gasteiger partial charge >= 0.3 is 0 Å². The van der Waals surface area contributed by atoms with Crippen molar-refractivity contribution in [1.29, 1.82) is 0 Å². The minimum Gasteiger partial charge on any atom is -0.289 e. The van der Waals surface area contributed by atoms with Gasteiger partial charge in [0.15, 0.2) is 0 Å². The maximum absolute atomic E-state index is 6.04. The van der Waals surface area contributed by atoms with Crippen LogP contribution in [-0.2, 0) is 0 Å². The van der Waals surface area contributed by atoms with Crippen molar-refractivity contribution in [2.24, 2.45) is 0 Å². The highest BCUT2D eigenvalue weighted by Crippen LogP contribution is 2.28. The molecule has 22 heavy (non-hydrogen) atoms. The van der Waals surface area contributed by atoms with E-state index in [1.165, 1.54) is 0 Å². The van der Waals surface area contributed by atoms with Crippen LogP contribution in [0.15, 0.2) is 79.3 Å². The average Bonchev–Trinajstić information content (AvgIpc) is 2.97. The van der Waals surface area contributed by atoms with Gasteiger partial charge in [-0.25, -0.2) is 0 Å². The van der Waals surface area contributed by atoms with Crippen LogP contribution in [0.25, 0.3) is 27.9 Å². The van der Waals surface area contributed by atoms with Crippen LogP contribution >= 0.6 is 0 Å². The number of nitrogens with two attached hydrogens (primary N) is 1. The van der Waals surface area contributed by atoms with Crippen molar-refractivity contribution in [1.82, 2.24) is 9.61 Å². The standard InChI is InChI=1S/C18H15N4/c19-21-13-20-22-12-16(14-7-3-1-4-8-14)11-17(18(21)22)15-9-5-2-6-10-15/h1-13H,19H2/q+1. The summed E-state index contributed by atoms with van der Waals surface area (Å²) in [5, 5.41) is 4.35. The van der Waals surface area contributed by atoms with Crippen LogP contribution in [-0.4, -0.2) is 9.61 Å². The van der Waals surface area contributed by atoms with Gasteiger partial charge in [-0.15, -0.1) is 4.68 Å².